The fourth-order valence-corrected chi connectivity index (χ4v) is 4.11. The first kappa shape index (κ1) is 18.4. The lowest BCUT2D eigenvalue weighted by Crippen LogP contribution is -2.26. The molecule has 3 aromatic rings. The highest BCUT2D eigenvalue weighted by atomic mass is 32.2. The third-order valence-corrected chi connectivity index (χ3v) is 5.94. The van der Waals surface area contributed by atoms with Crippen molar-refractivity contribution >= 4 is 27.3 Å². The molecule has 0 unspecified atom stereocenters. The fourth-order valence-electron chi connectivity index (χ4n) is 2.32. The molecular formula is C18H18N2O4S2. The quantitative estimate of drug-likeness (QED) is 0.619. The Labute approximate surface area is 155 Å². The molecule has 0 fully saturated rings. The van der Waals surface area contributed by atoms with Crippen molar-refractivity contribution in [1.29, 1.82) is 0 Å². The second-order valence-electron chi connectivity index (χ2n) is 5.52. The Balaban J connectivity index is 1.61. The molecule has 2 N–H and O–H groups in total. The van der Waals surface area contributed by atoms with Crippen molar-refractivity contribution in [2.75, 3.05) is 6.54 Å². The van der Waals surface area contributed by atoms with Gasteiger partial charge in [0.15, 0.2) is 0 Å². The van der Waals surface area contributed by atoms with Crippen LogP contribution in [0.3, 0.4) is 0 Å². The molecule has 1 aromatic carbocycles. The number of thiophene rings is 1. The fraction of sp³-hybridized carbons (Fsp3) is 0.167. The van der Waals surface area contributed by atoms with E-state index in [1.165, 1.54) is 23.5 Å². The first-order chi connectivity index (χ1) is 12.5. The lowest BCUT2D eigenvalue weighted by Gasteiger charge is -2.08. The molecule has 0 radical (unpaired) electrons. The van der Waals surface area contributed by atoms with Gasteiger partial charge in [0, 0.05) is 30.0 Å². The van der Waals surface area contributed by atoms with Crippen LogP contribution in [-0.2, 0) is 23.0 Å². The molecule has 2 heterocycles. The van der Waals surface area contributed by atoms with E-state index in [0.717, 1.165) is 10.6 Å². The second-order valence-corrected chi connectivity index (χ2v) is 8.32. The van der Waals surface area contributed by atoms with E-state index in [-0.39, 0.29) is 17.3 Å². The van der Waals surface area contributed by atoms with Crippen molar-refractivity contribution in [2.24, 2.45) is 0 Å². The van der Waals surface area contributed by atoms with Crippen LogP contribution in [0.1, 0.15) is 21.0 Å². The van der Waals surface area contributed by atoms with Gasteiger partial charge in [0.25, 0.3) is 5.91 Å². The molecule has 26 heavy (non-hydrogen) atoms. The average Bonchev–Trinajstić information content (AvgIpc) is 3.34. The standard InChI is InChI=1S/C18H18N2O4S2/c21-18(19-9-8-15-5-2-10-24-15)14-4-1-7-17(12-14)26(22,23)20-13-16-6-3-11-25-16/h1-7,10-12,20H,8-9,13H2,(H,19,21). The van der Waals surface area contributed by atoms with Crippen LogP contribution in [0.25, 0.3) is 0 Å². The van der Waals surface area contributed by atoms with Crippen molar-refractivity contribution < 1.29 is 17.6 Å². The van der Waals surface area contributed by atoms with E-state index in [0.29, 0.717) is 18.5 Å². The number of nitrogens with one attached hydrogen (secondary N) is 2. The zero-order chi connectivity index (χ0) is 18.4. The Bertz CT molecular complexity index is 949. The predicted octanol–water partition coefficient (Wildman–Crippen LogP) is 2.79. The van der Waals surface area contributed by atoms with Gasteiger partial charge in [0.2, 0.25) is 10.0 Å². The number of benzene rings is 1. The Morgan fingerprint density at radius 3 is 2.73 bits per heavy atom. The lowest BCUT2D eigenvalue weighted by atomic mass is 10.2. The zero-order valence-electron chi connectivity index (χ0n) is 13.8. The number of carbonyl (C=O) groups excluding carboxylic acids is 1. The number of rotatable bonds is 8. The van der Waals surface area contributed by atoms with Gasteiger partial charge in [-0.3, -0.25) is 4.79 Å². The lowest BCUT2D eigenvalue weighted by molar-refractivity contribution is 0.0953. The van der Waals surface area contributed by atoms with Gasteiger partial charge in [-0.05, 0) is 41.8 Å². The zero-order valence-corrected chi connectivity index (χ0v) is 15.5. The number of furan rings is 1. The third-order valence-electron chi connectivity index (χ3n) is 3.66. The van der Waals surface area contributed by atoms with Gasteiger partial charge in [-0.1, -0.05) is 12.1 Å². The third kappa shape index (κ3) is 4.81. The smallest absolute Gasteiger partial charge is 0.251 e. The Kier molecular flexibility index (Phi) is 5.87. The summed E-state index contributed by atoms with van der Waals surface area (Å²) in [5.74, 6) is 0.450. The summed E-state index contributed by atoms with van der Waals surface area (Å²) in [7, 11) is -3.69. The molecule has 8 heteroatoms. The van der Waals surface area contributed by atoms with Crippen LogP contribution in [-0.4, -0.2) is 20.9 Å². The van der Waals surface area contributed by atoms with E-state index >= 15 is 0 Å². The number of hydrogen-bond donors (Lipinski definition) is 2. The molecule has 0 saturated carbocycles. The monoisotopic (exact) mass is 390 g/mol. The minimum Gasteiger partial charge on any atom is -0.469 e. The molecule has 0 aliphatic heterocycles. The molecule has 1 amide bonds. The van der Waals surface area contributed by atoms with Gasteiger partial charge in [-0.25, -0.2) is 13.1 Å². The van der Waals surface area contributed by atoms with Gasteiger partial charge < -0.3 is 9.73 Å². The van der Waals surface area contributed by atoms with E-state index in [2.05, 4.69) is 10.0 Å². The van der Waals surface area contributed by atoms with Crippen molar-refractivity contribution in [3.8, 4) is 0 Å². The summed E-state index contributed by atoms with van der Waals surface area (Å²) in [4.78, 5) is 13.2. The largest absolute Gasteiger partial charge is 0.469 e. The molecule has 0 aliphatic carbocycles. The van der Waals surface area contributed by atoms with Crippen molar-refractivity contribution in [1.82, 2.24) is 10.0 Å². The van der Waals surface area contributed by atoms with Gasteiger partial charge in [0.05, 0.1) is 11.2 Å². The highest BCUT2D eigenvalue weighted by Crippen LogP contribution is 2.14. The topological polar surface area (TPSA) is 88.4 Å². The summed E-state index contributed by atoms with van der Waals surface area (Å²) in [6, 6.07) is 13.3. The van der Waals surface area contributed by atoms with Gasteiger partial charge in [-0.15, -0.1) is 11.3 Å². The maximum absolute atomic E-state index is 12.4. The van der Waals surface area contributed by atoms with E-state index in [1.54, 1.807) is 24.5 Å². The number of sulfonamides is 1. The average molecular weight is 390 g/mol. The molecule has 136 valence electrons. The van der Waals surface area contributed by atoms with Crippen molar-refractivity contribution in [3.05, 3.63) is 76.4 Å². The van der Waals surface area contributed by atoms with Crippen LogP contribution < -0.4 is 10.0 Å². The molecule has 0 aliphatic rings. The van der Waals surface area contributed by atoms with Crippen molar-refractivity contribution in [3.63, 3.8) is 0 Å². The second kappa shape index (κ2) is 8.31. The van der Waals surface area contributed by atoms with E-state index in [4.69, 9.17) is 4.42 Å². The van der Waals surface area contributed by atoms with Gasteiger partial charge in [-0.2, -0.15) is 0 Å². The van der Waals surface area contributed by atoms with Crippen LogP contribution in [0.15, 0.2) is 69.5 Å². The summed E-state index contributed by atoms with van der Waals surface area (Å²) < 4.78 is 32.6. The predicted molar refractivity (Wildman–Crippen MR) is 99.5 cm³/mol. The first-order valence-corrected chi connectivity index (χ1v) is 10.3. The maximum atomic E-state index is 12.4. The van der Waals surface area contributed by atoms with Gasteiger partial charge >= 0.3 is 0 Å². The number of amides is 1. The van der Waals surface area contributed by atoms with E-state index < -0.39 is 10.0 Å². The minimum absolute atomic E-state index is 0.0627. The highest BCUT2D eigenvalue weighted by molar-refractivity contribution is 7.89. The summed E-state index contributed by atoms with van der Waals surface area (Å²) in [5, 5.41) is 4.64. The summed E-state index contributed by atoms with van der Waals surface area (Å²) >= 11 is 1.48. The first-order valence-electron chi connectivity index (χ1n) is 7.97. The van der Waals surface area contributed by atoms with Crippen LogP contribution >= 0.6 is 11.3 Å². The summed E-state index contributed by atoms with van der Waals surface area (Å²) in [6.07, 6.45) is 2.15. The van der Waals surface area contributed by atoms with Gasteiger partial charge in [0.1, 0.15) is 5.76 Å². The molecule has 0 atom stereocenters. The van der Waals surface area contributed by atoms with Crippen molar-refractivity contribution in [2.45, 2.75) is 17.9 Å². The summed E-state index contributed by atoms with van der Waals surface area (Å²) in [6.45, 7) is 0.625. The van der Waals surface area contributed by atoms with Crippen LogP contribution in [0, 0.1) is 0 Å². The molecule has 0 spiro atoms. The molecule has 2 aromatic heterocycles. The molecule has 6 nitrogen and oxygen atoms in total. The summed E-state index contributed by atoms with van der Waals surface area (Å²) in [5.41, 5.74) is 0.295. The highest BCUT2D eigenvalue weighted by Gasteiger charge is 2.16. The van der Waals surface area contributed by atoms with Crippen LogP contribution in [0.5, 0.6) is 0 Å². The van der Waals surface area contributed by atoms with E-state index in [1.807, 2.05) is 23.6 Å². The Morgan fingerprint density at radius 1 is 1.12 bits per heavy atom. The number of hydrogen-bond acceptors (Lipinski definition) is 5. The van der Waals surface area contributed by atoms with Crippen LogP contribution in [0.4, 0.5) is 0 Å². The van der Waals surface area contributed by atoms with E-state index in [9.17, 15) is 13.2 Å². The van der Waals surface area contributed by atoms with Crippen LogP contribution in [0.2, 0.25) is 0 Å². The maximum Gasteiger partial charge on any atom is 0.251 e. The number of carbonyl (C=O) groups is 1. The minimum atomic E-state index is -3.69. The molecule has 0 bridgehead atoms. The molecule has 0 saturated heterocycles. The SMILES string of the molecule is O=C(NCCc1ccco1)c1cccc(S(=O)(=O)NCc2cccs2)c1. The molecular weight excluding hydrogens is 372 g/mol. The normalized spacial score (nSPS) is 11.4. The Morgan fingerprint density at radius 2 is 2.00 bits per heavy atom. The molecule has 3 rings (SSSR count). The Hall–Kier alpha value is -2.42.